The summed E-state index contributed by atoms with van der Waals surface area (Å²) in [6.07, 6.45) is 0. The number of carbonyl (C=O) groups excluding carboxylic acids is 1. The van der Waals surface area contributed by atoms with Gasteiger partial charge in [-0.15, -0.1) is 0 Å². The van der Waals surface area contributed by atoms with Crippen LogP contribution in [-0.4, -0.2) is 12.9 Å². The van der Waals surface area contributed by atoms with E-state index in [1.807, 2.05) is 22.6 Å². The van der Waals surface area contributed by atoms with Gasteiger partial charge < -0.3 is 4.74 Å². The Bertz CT molecular complexity index is 643. The minimum Gasteiger partial charge on any atom is -0.496 e. The van der Waals surface area contributed by atoms with Gasteiger partial charge in [0.15, 0.2) is 0 Å². The third-order valence-electron chi connectivity index (χ3n) is 2.60. The lowest BCUT2D eigenvalue weighted by Crippen LogP contribution is -2.08. The predicted molar refractivity (Wildman–Crippen MR) is 80.6 cm³/mol. The molecule has 0 radical (unpaired) electrons. The van der Waals surface area contributed by atoms with Crippen molar-refractivity contribution in [1.29, 1.82) is 0 Å². The monoisotopic (exact) mass is 390 g/mol. The minimum atomic E-state index is -0.611. The van der Waals surface area contributed by atoms with Crippen LogP contribution in [0.15, 0.2) is 36.4 Å². The van der Waals surface area contributed by atoms with Crippen LogP contribution in [0.3, 0.4) is 0 Å². The van der Waals surface area contributed by atoms with Crippen LogP contribution in [-0.2, 0) is 0 Å². The fourth-order valence-corrected chi connectivity index (χ4v) is 2.45. The van der Waals surface area contributed by atoms with Crippen molar-refractivity contribution in [3.8, 4) is 5.75 Å². The van der Waals surface area contributed by atoms with Crippen molar-refractivity contribution >= 4 is 40.0 Å². The van der Waals surface area contributed by atoms with E-state index in [-0.39, 0.29) is 11.3 Å². The molecule has 2 rings (SSSR count). The van der Waals surface area contributed by atoms with E-state index in [9.17, 15) is 9.18 Å². The first-order valence-corrected chi connectivity index (χ1v) is 6.82. The van der Waals surface area contributed by atoms with E-state index < -0.39 is 11.6 Å². The van der Waals surface area contributed by atoms with Crippen LogP contribution in [0.5, 0.6) is 5.75 Å². The molecular weight excluding hydrogens is 382 g/mol. The van der Waals surface area contributed by atoms with Crippen molar-refractivity contribution < 1.29 is 13.9 Å². The zero-order valence-corrected chi connectivity index (χ0v) is 12.8. The van der Waals surface area contributed by atoms with Crippen molar-refractivity contribution in [3.05, 3.63) is 61.9 Å². The molecule has 98 valence electrons. The molecule has 19 heavy (non-hydrogen) atoms. The van der Waals surface area contributed by atoms with Crippen LogP contribution < -0.4 is 4.74 Å². The van der Waals surface area contributed by atoms with E-state index in [4.69, 9.17) is 16.3 Å². The summed E-state index contributed by atoms with van der Waals surface area (Å²) in [4.78, 5) is 12.4. The number of benzene rings is 2. The first-order valence-electron chi connectivity index (χ1n) is 5.37. The normalized spacial score (nSPS) is 10.3. The van der Waals surface area contributed by atoms with Crippen LogP contribution in [0, 0.1) is 9.39 Å². The fourth-order valence-electron chi connectivity index (χ4n) is 1.70. The second kappa shape index (κ2) is 5.88. The number of methoxy groups -OCH3 is 1. The summed E-state index contributed by atoms with van der Waals surface area (Å²) in [6.45, 7) is 0. The highest BCUT2D eigenvalue weighted by atomic mass is 127. The zero-order valence-electron chi connectivity index (χ0n) is 9.91. The van der Waals surface area contributed by atoms with E-state index in [1.165, 1.54) is 25.3 Å². The van der Waals surface area contributed by atoms with Crippen molar-refractivity contribution in [2.75, 3.05) is 7.11 Å². The second-order valence-electron chi connectivity index (χ2n) is 3.77. The maximum atomic E-state index is 13.9. The van der Waals surface area contributed by atoms with Crippen molar-refractivity contribution in [2.45, 2.75) is 0 Å². The Morgan fingerprint density at radius 3 is 2.74 bits per heavy atom. The van der Waals surface area contributed by atoms with Gasteiger partial charge >= 0.3 is 0 Å². The molecule has 0 bridgehead atoms. The SMILES string of the molecule is COc1cccc(F)c1C(=O)c1cc(Cl)ccc1I. The third-order valence-corrected chi connectivity index (χ3v) is 3.77. The Labute approximate surface area is 128 Å². The van der Waals surface area contributed by atoms with Crippen molar-refractivity contribution in [1.82, 2.24) is 0 Å². The first kappa shape index (κ1) is 14.3. The van der Waals surface area contributed by atoms with Gasteiger partial charge in [-0.05, 0) is 52.9 Å². The maximum absolute atomic E-state index is 13.9. The van der Waals surface area contributed by atoms with Gasteiger partial charge in [0.05, 0.1) is 7.11 Å². The van der Waals surface area contributed by atoms with E-state index in [2.05, 4.69) is 0 Å². The Morgan fingerprint density at radius 1 is 1.32 bits per heavy atom. The summed E-state index contributed by atoms with van der Waals surface area (Å²) in [5.41, 5.74) is 0.279. The molecule has 0 aromatic heterocycles. The quantitative estimate of drug-likeness (QED) is 0.576. The number of ether oxygens (including phenoxy) is 1. The molecule has 0 spiro atoms. The van der Waals surface area contributed by atoms with Crippen LogP contribution in [0.1, 0.15) is 15.9 Å². The van der Waals surface area contributed by atoms with Crippen LogP contribution >= 0.6 is 34.2 Å². The van der Waals surface area contributed by atoms with E-state index >= 15 is 0 Å². The lowest BCUT2D eigenvalue weighted by atomic mass is 10.0. The number of hydrogen-bond acceptors (Lipinski definition) is 2. The van der Waals surface area contributed by atoms with E-state index in [1.54, 1.807) is 18.2 Å². The maximum Gasteiger partial charge on any atom is 0.200 e. The van der Waals surface area contributed by atoms with Crippen LogP contribution in [0.2, 0.25) is 5.02 Å². The highest BCUT2D eigenvalue weighted by Crippen LogP contribution is 2.27. The minimum absolute atomic E-state index is 0.0785. The highest BCUT2D eigenvalue weighted by molar-refractivity contribution is 14.1. The van der Waals surface area contributed by atoms with Gasteiger partial charge in [-0.25, -0.2) is 4.39 Å². The van der Waals surface area contributed by atoms with Gasteiger partial charge in [-0.1, -0.05) is 17.7 Å². The molecule has 0 heterocycles. The predicted octanol–water partition coefficient (Wildman–Crippen LogP) is 4.32. The average molecular weight is 391 g/mol. The smallest absolute Gasteiger partial charge is 0.200 e. The number of halogens is 3. The molecule has 0 N–H and O–H groups in total. The number of hydrogen-bond donors (Lipinski definition) is 0. The molecule has 0 amide bonds. The molecule has 0 atom stereocenters. The van der Waals surface area contributed by atoms with Crippen LogP contribution in [0.25, 0.3) is 0 Å². The van der Waals surface area contributed by atoms with Crippen molar-refractivity contribution in [3.63, 3.8) is 0 Å². The Kier molecular flexibility index (Phi) is 4.42. The molecule has 0 aliphatic heterocycles. The molecule has 2 aromatic rings. The van der Waals surface area contributed by atoms with Gasteiger partial charge in [-0.2, -0.15) is 0 Å². The molecule has 2 nitrogen and oxygen atoms in total. The number of ketones is 1. The molecule has 0 saturated carbocycles. The van der Waals surface area contributed by atoms with Gasteiger partial charge in [0, 0.05) is 14.2 Å². The summed E-state index contributed by atoms with van der Waals surface area (Å²) < 4.78 is 19.6. The molecular formula is C14H9ClFIO2. The zero-order chi connectivity index (χ0) is 14.0. The topological polar surface area (TPSA) is 26.3 Å². The Hall–Kier alpha value is -1.14. The summed E-state index contributed by atoms with van der Waals surface area (Å²) in [7, 11) is 1.40. The molecule has 2 aromatic carbocycles. The lowest BCUT2D eigenvalue weighted by molar-refractivity contribution is 0.103. The Morgan fingerprint density at radius 2 is 2.05 bits per heavy atom. The molecule has 0 fully saturated rings. The molecule has 5 heteroatoms. The van der Waals surface area contributed by atoms with Gasteiger partial charge in [0.2, 0.25) is 5.78 Å². The molecule has 0 unspecified atom stereocenters. The standard InChI is InChI=1S/C14H9ClFIO2/c1-19-12-4-2-3-10(16)13(12)14(18)9-7-8(15)5-6-11(9)17/h2-7H,1H3. The summed E-state index contributed by atoms with van der Waals surface area (Å²) in [6, 6.07) is 9.19. The summed E-state index contributed by atoms with van der Waals surface area (Å²) in [5.74, 6) is -0.845. The summed E-state index contributed by atoms with van der Waals surface area (Å²) >= 11 is 7.89. The third kappa shape index (κ3) is 2.90. The number of rotatable bonds is 3. The first-order chi connectivity index (χ1) is 9.04. The van der Waals surface area contributed by atoms with E-state index in [0.717, 1.165) is 0 Å². The number of carbonyl (C=O) groups is 1. The van der Waals surface area contributed by atoms with Crippen LogP contribution in [0.4, 0.5) is 4.39 Å². The molecule has 0 aliphatic rings. The largest absolute Gasteiger partial charge is 0.496 e. The lowest BCUT2D eigenvalue weighted by Gasteiger charge is -2.10. The highest BCUT2D eigenvalue weighted by Gasteiger charge is 2.21. The molecule has 0 aliphatic carbocycles. The molecule has 0 saturated heterocycles. The second-order valence-corrected chi connectivity index (χ2v) is 5.37. The van der Waals surface area contributed by atoms with Gasteiger partial charge in [-0.3, -0.25) is 4.79 Å². The summed E-state index contributed by atoms with van der Waals surface area (Å²) in [5, 5.41) is 0.430. The van der Waals surface area contributed by atoms with Gasteiger partial charge in [0.25, 0.3) is 0 Å². The fraction of sp³-hybridized carbons (Fsp3) is 0.0714. The Balaban J connectivity index is 2.59. The van der Waals surface area contributed by atoms with E-state index in [0.29, 0.717) is 14.2 Å². The average Bonchev–Trinajstić information content (AvgIpc) is 2.40. The van der Waals surface area contributed by atoms with Gasteiger partial charge in [0.1, 0.15) is 17.1 Å². The van der Waals surface area contributed by atoms with Crippen molar-refractivity contribution in [2.24, 2.45) is 0 Å².